The molecule has 2 aromatic carbocycles. The number of hydrogen-bond acceptors (Lipinski definition) is 7. The Morgan fingerprint density at radius 1 is 1.12 bits per heavy atom. The van der Waals surface area contributed by atoms with Crippen LogP contribution in [0.2, 0.25) is 0 Å². The van der Waals surface area contributed by atoms with Crippen molar-refractivity contribution in [1.82, 2.24) is 4.90 Å². The highest BCUT2D eigenvalue weighted by Crippen LogP contribution is 2.42. The molecule has 1 atom stereocenters. The van der Waals surface area contributed by atoms with E-state index >= 15 is 0 Å². The van der Waals surface area contributed by atoms with Crippen LogP contribution in [-0.2, 0) is 20.9 Å². The van der Waals surface area contributed by atoms with Crippen LogP contribution < -0.4 is 9.47 Å². The van der Waals surface area contributed by atoms with Crippen molar-refractivity contribution in [3.05, 3.63) is 70.9 Å². The van der Waals surface area contributed by atoms with E-state index in [1.807, 2.05) is 36.4 Å². The number of amidine groups is 1. The number of carbonyl (C=O) groups is 2. The first-order chi connectivity index (χ1) is 15.5. The van der Waals surface area contributed by atoms with Gasteiger partial charge >= 0.3 is 5.97 Å². The number of hydrogen-bond donors (Lipinski definition) is 0. The summed E-state index contributed by atoms with van der Waals surface area (Å²) in [5.41, 5.74) is 2.48. The lowest BCUT2D eigenvalue weighted by molar-refractivity contribution is -0.141. The van der Waals surface area contributed by atoms with Crippen molar-refractivity contribution in [2.45, 2.75) is 26.0 Å². The van der Waals surface area contributed by atoms with Gasteiger partial charge in [0.25, 0.3) is 0 Å². The molecule has 2 aromatic rings. The van der Waals surface area contributed by atoms with Crippen molar-refractivity contribution < 1.29 is 23.8 Å². The van der Waals surface area contributed by atoms with Gasteiger partial charge in [0.15, 0.2) is 16.7 Å². The van der Waals surface area contributed by atoms with E-state index < -0.39 is 12.0 Å². The molecule has 0 saturated carbocycles. The van der Waals surface area contributed by atoms with Gasteiger partial charge in [-0.15, -0.1) is 0 Å². The van der Waals surface area contributed by atoms with E-state index in [2.05, 4.69) is 4.99 Å². The van der Waals surface area contributed by atoms with Gasteiger partial charge in [-0.1, -0.05) is 48.2 Å². The van der Waals surface area contributed by atoms with Crippen LogP contribution in [0.5, 0.6) is 11.5 Å². The summed E-state index contributed by atoms with van der Waals surface area (Å²) >= 11 is 1.51. The molecule has 2 aliphatic heterocycles. The predicted octanol–water partition coefficient (Wildman–Crippen LogP) is 4.10. The fourth-order valence-corrected chi connectivity index (χ4v) is 4.80. The zero-order valence-electron chi connectivity index (χ0n) is 18.2. The first kappa shape index (κ1) is 22.0. The molecule has 2 aliphatic rings. The monoisotopic (exact) mass is 452 g/mol. The summed E-state index contributed by atoms with van der Waals surface area (Å²) in [5.74, 6) is 1.16. The third-order valence-corrected chi connectivity index (χ3v) is 6.32. The van der Waals surface area contributed by atoms with E-state index in [9.17, 15) is 9.59 Å². The molecule has 1 fully saturated rings. The minimum atomic E-state index is -0.661. The van der Waals surface area contributed by atoms with Crippen molar-refractivity contribution in [2.75, 3.05) is 20.0 Å². The number of benzene rings is 2. The molecule has 1 unspecified atom stereocenters. The van der Waals surface area contributed by atoms with Gasteiger partial charge in [-0.25, -0.2) is 9.79 Å². The normalized spacial score (nSPS) is 18.1. The molecule has 0 aromatic heterocycles. The average Bonchev–Trinajstić information content (AvgIpc) is 2.82. The Bertz CT molecular complexity index is 1100. The number of ether oxygens (including phenoxy) is 3. The van der Waals surface area contributed by atoms with Crippen molar-refractivity contribution in [3.63, 3.8) is 0 Å². The fraction of sp³-hybridized carbons (Fsp3) is 0.292. The fourth-order valence-electron chi connectivity index (χ4n) is 3.80. The van der Waals surface area contributed by atoms with Gasteiger partial charge < -0.3 is 14.2 Å². The smallest absolute Gasteiger partial charge is 0.338 e. The van der Waals surface area contributed by atoms with Crippen LogP contribution in [0.25, 0.3) is 0 Å². The molecular formula is C24H24N2O5S. The van der Waals surface area contributed by atoms with E-state index in [1.165, 1.54) is 11.8 Å². The standard InChI is InChI=1S/C24H24N2O5S/c1-15-21(23(28)31-14-16-7-5-4-6-8-16)22(26-20(27)11-12-32-24(26)25-15)17-9-10-18(29-2)19(13-17)30-3/h4-10,13,22H,11-12,14H2,1-3H3. The molecule has 0 bridgehead atoms. The topological polar surface area (TPSA) is 77.4 Å². The Kier molecular flexibility index (Phi) is 6.50. The van der Waals surface area contributed by atoms with Gasteiger partial charge in [0.05, 0.1) is 31.5 Å². The summed E-state index contributed by atoms with van der Waals surface area (Å²) in [5, 5.41) is 0.596. The Labute approximate surface area is 191 Å². The van der Waals surface area contributed by atoms with Crippen LogP contribution in [0.4, 0.5) is 0 Å². The van der Waals surface area contributed by atoms with Gasteiger partial charge in [-0.3, -0.25) is 9.69 Å². The first-order valence-electron chi connectivity index (χ1n) is 10.2. The van der Waals surface area contributed by atoms with E-state index in [4.69, 9.17) is 14.2 Å². The predicted molar refractivity (Wildman–Crippen MR) is 123 cm³/mol. The summed E-state index contributed by atoms with van der Waals surface area (Å²) in [6.07, 6.45) is 0.374. The minimum Gasteiger partial charge on any atom is -0.493 e. The number of amides is 1. The molecule has 166 valence electrons. The maximum Gasteiger partial charge on any atom is 0.338 e. The highest BCUT2D eigenvalue weighted by Gasteiger charge is 2.42. The van der Waals surface area contributed by atoms with Gasteiger partial charge in [0.2, 0.25) is 5.91 Å². The molecule has 2 heterocycles. The Hall–Kier alpha value is -3.26. The Balaban J connectivity index is 1.75. The van der Waals surface area contributed by atoms with Crippen molar-refractivity contribution in [2.24, 2.45) is 4.99 Å². The molecule has 0 N–H and O–H groups in total. The number of fused-ring (bicyclic) bond motifs is 1. The summed E-state index contributed by atoms with van der Waals surface area (Å²) in [6.45, 7) is 1.91. The van der Waals surface area contributed by atoms with Crippen LogP contribution in [0.15, 0.2) is 64.8 Å². The lowest BCUT2D eigenvalue weighted by atomic mass is 9.93. The molecule has 7 nitrogen and oxygen atoms in total. The number of allylic oxidation sites excluding steroid dienone is 1. The number of thioether (sulfide) groups is 1. The third kappa shape index (κ3) is 4.23. The summed E-state index contributed by atoms with van der Waals surface area (Å²) in [6, 6.07) is 14.2. The first-order valence-corrected chi connectivity index (χ1v) is 11.2. The number of esters is 1. The Morgan fingerprint density at radius 3 is 2.59 bits per heavy atom. The molecule has 0 radical (unpaired) electrons. The summed E-state index contributed by atoms with van der Waals surface area (Å²) < 4.78 is 16.5. The van der Waals surface area contributed by atoms with Crippen LogP contribution >= 0.6 is 11.8 Å². The van der Waals surface area contributed by atoms with E-state index in [0.29, 0.717) is 40.1 Å². The lowest BCUT2D eigenvalue weighted by Crippen LogP contribution is -2.45. The number of methoxy groups -OCH3 is 2. The van der Waals surface area contributed by atoms with E-state index in [-0.39, 0.29) is 12.5 Å². The number of rotatable bonds is 6. The molecule has 32 heavy (non-hydrogen) atoms. The highest BCUT2D eigenvalue weighted by molar-refractivity contribution is 8.14. The molecule has 1 saturated heterocycles. The quantitative estimate of drug-likeness (QED) is 0.614. The second kappa shape index (κ2) is 9.48. The van der Waals surface area contributed by atoms with Crippen molar-refractivity contribution in [1.29, 1.82) is 0 Å². The van der Waals surface area contributed by atoms with Gasteiger partial charge in [0, 0.05) is 12.2 Å². The average molecular weight is 453 g/mol. The summed E-state index contributed by atoms with van der Waals surface area (Å²) in [7, 11) is 3.11. The second-order valence-electron chi connectivity index (χ2n) is 7.33. The molecule has 0 aliphatic carbocycles. The maximum atomic E-state index is 13.3. The molecule has 8 heteroatoms. The van der Waals surface area contributed by atoms with Gasteiger partial charge in [0.1, 0.15) is 6.61 Å². The molecule has 1 amide bonds. The molecule has 0 spiro atoms. The largest absolute Gasteiger partial charge is 0.493 e. The zero-order valence-corrected chi connectivity index (χ0v) is 19.0. The van der Waals surface area contributed by atoms with Crippen LogP contribution in [-0.4, -0.2) is 41.9 Å². The lowest BCUT2D eigenvalue weighted by Gasteiger charge is -2.39. The van der Waals surface area contributed by atoms with Crippen molar-refractivity contribution in [3.8, 4) is 11.5 Å². The Morgan fingerprint density at radius 2 is 1.88 bits per heavy atom. The third-order valence-electron chi connectivity index (χ3n) is 5.36. The van der Waals surface area contributed by atoms with Gasteiger partial charge in [-0.05, 0) is 30.2 Å². The number of aliphatic imine (C=N–C) groups is 1. The van der Waals surface area contributed by atoms with E-state index in [0.717, 1.165) is 11.1 Å². The zero-order chi connectivity index (χ0) is 22.7. The van der Waals surface area contributed by atoms with Crippen molar-refractivity contribution >= 4 is 28.8 Å². The summed E-state index contributed by atoms with van der Waals surface area (Å²) in [4.78, 5) is 32.4. The number of nitrogens with zero attached hydrogens (tertiary/aromatic N) is 2. The maximum absolute atomic E-state index is 13.3. The molecule has 4 rings (SSSR count). The van der Waals surface area contributed by atoms with Crippen LogP contribution in [0.3, 0.4) is 0 Å². The van der Waals surface area contributed by atoms with Crippen LogP contribution in [0, 0.1) is 0 Å². The second-order valence-corrected chi connectivity index (χ2v) is 8.40. The molecular weight excluding hydrogens is 428 g/mol. The SMILES string of the molecule is COc1ccc(C2C(C(=O)OCc3ccccc3)=C(C)N=C3SCCC(=O)N32)cc1OC. The van der Waals surface area contributed by atoms with Gasteiger partial charge in [-0.2, -0.15) is 0 Å². The number of carbonyl (C=O) groups excluding carboxylic acids is 2. The van der Waals surface area contributed by atoms with Crippen LogP contribution in [0.1, 0.15) is 30.5 Å². The highest BCUT2D eigenvalue weighted by atomic mass is 32.2. The minimum absolute atomic E-state index is 0.0804. The van der Waals surface area contributed by atoms with E-state index in [1.54, 1.807) is 38.2 Å².